The van der Waals surface area contributed by atoms with Crippen LogP contribution < -0.4 is 10.1 Å². The number of aromatic nitrogens is 2. The number of rotatable bonds is 6. The zero-order valence-corrected chi connectivity index (χ0v) is 11.7. The molecule has 0 spiro atoms. The Bertz CT molecular complexity index is 551. The van der Waals surface area contributed by atoms with Crippen LogP contribution in [0.4, 0.5) is 0 Å². The molecule has 1 aliphatic carbocycles. The van der Waals surface area contributed by atoms with Gasteiger partial charge in [0.05, 0.1) is 6.54 Å². The molecule has 0 radical (unpaired) electrons. The average molecular weight is 275 g/mol. The van der Waals surface area contributed by atoms with Gasteiger partial charge in [-0.1, -0.05) is 35.5 Å². The molecular formula is C14H17N3OS. The number of benzene rings is 1. The molecule has 4 nitrogen and oxygen atoms in total. The third-order valence-corrected chi connectivity index (χ3v) is 3.88. The molecule has 19 heavy (non-hydrogen) atoms. The van der Waals surface area contributed by atoms with E-state index >= 15 is 0 Å². The van der Waals surface area contributed by atoms with Crippen LogP contribution in [-0.2, 0) is 13.0 Å². The largest absolute Gasteiger partial charge is 0.430 e. The highest BCUT2D eigenvalue weighted by Gasteiger charge is 2.20. The number of nitrogens with one attached hydrogen (secondary N) is 1. The normalized spacial score (nSPS) is 14.6. The lowest BCUT2D eigenvalue weighted by Crippen LogP contribution is -2.14. The second-order valence-corrected chi connectivity index (χ2v) is 5.74. The van der Waals surface area contributed by atoms with Gasteiger partial charge in [0, 0.05) is 6.04 Å². The van der Waals surface area contributed by atoms with Crippen LogP contribution >= 0.6 is 11.3 Å². The highest BCUT2D eigenvalue weighted by Crippen LogP contribution is 2.26. The first-order chi connectivity index (χ1) is 9.33. The lowest BCUT2D eigenvalue weighted by atomic mass is 10.2. The summed E-state index contributed by atoms with van der Waals surface area (Å²) < 4.78 is 5.74. The Hall–Kier alpha value is -1.46. The molecule has 0 aliphatic heterocycles. The predicted octanol–water partition coefficient (Wildman–Crippen LogP) is 3.14. The molecule has 5 heteroatoms. The molecule has 2 aromatic rings. The quantitative estimate of drug-likeness (QED) is 0.879. The molecule has 0 amide bonds. The van der Waals surface area contributed by atoms with Crippen molar-refractivity contribution in [2.24, 2.45) is 0 Å². The van der Waals surface area contributed by atoms with Gasteiger partial charge in [0.1, 0.15) is 10.8 Å². The molecule has 3 rings (SSSR count). The number of ether oxygens (including phenoxy) is 1. The molecule has 1 N–H and O–H groups in total. The van der Waals surface area contributed by atoms with Gasteiger partial charge in [-0.3, -0.25) is 0 Å². The maximum Gasteiger partial charge on any atom is 0.299 e. The van der Waals surface area contributed by atoms with E-state index in [1.807, 2.05) is 18.2 Å². The van der Waals surface area contributed by atoms with E-state index in [0.717, 1.165) is 23.7 Å². The van der Waals surface area contributed by atoms with E-state index in [2.05, 4.69) is 28.5 Å². The minimum atomic E-state index is 0.612. The molecule has 1 aliphatic rings. The number of hydrogen-bond acceptors (Lipinski definition) is 5. The summed E-state index contributed by atoms with van der Waals surface area (Å²) in [6.45, 7) is 2.92. The smallest absolute Gasteiger partial charge is 0.299 e. The zero-order chi connectivity index (χ0) is 13.1. The van der Waals surface area contributed by atoms with E-state index in [4.69, 9.17) is 4.74 Å². The molecular weight excluding hydrogens is 258 g/mol. The molecule has 1 saturated carbocycles. The van der Waals surface area contributed by atoms with Gasteiger partial charge in [-0.2, -0.15) is 0 Å². The summed E-state index contributed by atoms with van der Waals surface area (Å²) in [4.78, 5) is 0. The molecule has 0 bridgehead atoms. The summed E-state index contributed by atoms with van der Waals surface area (Å²) in [5, 5.41) is 13.2. The third-order valence-electron chi connectivity index (χ3n) is 3.08. The Morgan fingerprint density at radius 3 is 3.05 bits per heavy atom. The van der Waals surface area contributed by atoms with Crippen LogP contribution in [0.1, 0.15) is 30.3 Å². The van der Waals surface area contributed by atoms with Crippen LogP contribution in [0.3, 0.4) is 0 Å². The maximum atomic E-state index is 5.74. The average Bonchev–Trinajstić information content (AvgIpc) is 3.17. The van der Waals surface area contributed by atoms with Crippen molar-refractivity contribution < 1.29 is 4.74 Å². The van der Waals surface area contributed by atoms with Crippen LogP contribution in [-0.4, -0.2) is 16.2 Å². The maximum absolute atomic E-state index is 5.74. The minimum Gasteiger partial charge on any atom is -0.430 e. The second-order valence-electron chi connectivity index (χ2n) is 4.72. The van der Waals surface area contributed by atoms with Crippen molar-refractivity contribution in [3.8, 4) is 10.9 Å². The number of nitrogens with zero attached hydrogens (tertiary/aromatic N) is 2. The number of aryl methyl sites for hydroxylation is 1. The van der Waals surface area contributed by atoms with Gasteiger partial charge in [-0.15, -0.1) is 5.10 Å². The lowest BCUT2D eigenvalue weighted by Gasteiger charge is -2.02. The molecule has 0 unspecified atom stereocenters. The zero-order valence-electron chi connectivity index (χ0n) is 10.9. The van der Waals surface area contributed by atoms with Gasteiger partial charge in [-0.25, -0.2) is 0 Å². The molecule has 1 aromatic heterocycles. The van der Waals surface area contributed by atoms with Gasteiger partial charge in [0.2, 0.25) is 0 Å². The summed E-state index contributed by atoms with van der Waals surface area (Å²) in [6.07, 6.45) is 3.57. The SMILES string of the molecule is CCc1cccc(Oc2nnc(CNC3CC3)s2)c1. The monoisotopic (exact) mass is 275 g/mol. The summed E-state index contributed by atoms with van der Waals surface area (Å²) in [5.41, 5.74) is 1.26. The summed E-state index contributed by atoms with van der Waals surface area (Å²) in [7, 11) is 0. The van der Waals surface area contributed by atoms with Crippen molar-refractivity contribution in [1.29, 1.82) is 0 Å². The minimum absolute atomic E-state index is 0.612. The highest BCUT2D eigenvalue weighted by molar-refractivity contribution is 7.13. The van der Waals surface area contributed by atoms with Crippen LogP contribution in [0.2, 0.25) is 0 Å². The van der Waals surface area contributed by atoms with E-state index in [1.165, 1.54) is 29.7 Å². The summed E-state index contributed by atoms with van der Waals surface area (Å²) >= 11 is 1.50. The van der Waals surface area contributed by atoms with Gasteiger partial charge < -0.3 is 10.1 Å². The topological polar surface area (TPSA) is 47.0 Å². The Kier molecular flexibility index (Phi) is 3.75. The predicted molar refractivity (Wildman–Crippen MR) is 75.7 cm³/mol. The Morgan fingerprint density at radius 1 is 1.37 bits per heavy atom. The van der Waals surface area contributed by atoms with Crippen molar-refractivity contribution in [1.82, 2.24) is 15.5 Å². The van der Waals surface area contributed by atoms with Crippen LogP contribution in [0.15, 0.2) is 24.3 Å². The fourth-order valence-electron chi connectivity index (χ4n) is 1.80. The standard InChI is InChI=1S/C14H17N3OS/c1-2-10-4-3-5-12(8-10)18-14-17-16-13(19-14)9-15-11-6-7-11/h3-5,8,11,15H,2,6-7,9H2,1H3. The lowest BCUT2D eigenvalue weighted by molar-refractivity contribution is 0.472. The fraction of sp³-hybridized carbons (Fsp3) is 0.429. The third kappa shape index (κ3) is 3.52. The molecule has 0 saturated heterocycles. The van der Waals surface area contributed by atoms with E-state index in [1.54, 1.807) is 0 Å². The summed E-state index contributed by atoms with van der Waals surface area (Å²) in [5.74, 6) is 0.831. The van der Waals surface area contributed by atoms with Crippen LogP contribution in [0.25, 0.3) is 0 Å². The fourth-order valence-corrected chi connectivity index (χ4v) is 2.46. The first-order valence-electron chi connectivity index (χ1n) is 6.66. The second kappa shape index (κ2) is 5.67. The first kappa shape index (κ1) is 12.6. The van der Waals surface area contributed by atoms with Crippen molar-refractivity contribution in [2.45, 2.75) is 38.8 Å². The molecule has 1 heterocycles. The Labute approximate surface area is 116 Å². The Balaban J connectivity index is 1.61. The van der Waals surface area contributed by atoms with Crippen LogP contribution in [0, 0.1) is 0 Å². The van der Waals surface area contributed by atoms with Gasteiger partial charge in [-0.05, 0) is 37.0 Å². The number of hydrogen-bond donors (Lipinski definition) is 1. The molecule has 100 valence electrons. The molecule has 0 atom stereocenters. The van der Waals surface area contributed by atoms with E-state index in [9.17, 15) is 0 Å². The van der Waals surface area contributed by atoms with Crippen LogP contribution in [0.5, 0.6) is 10.9 Å². The van der Waals surface area contributed by atoms with Crippen molar-refractivity contribution in [3.05, 3.63) is 34.8 Å². The van der Waals surface area contributed by atoms with Crippen molar-refractivity contribution >= 4 is 11.3 Å². The van der Waals surface area contributed by atoms with E-state index in [-0.39, 0.29) is 0 Å². The van der Waals surface area contributed by atoms with E-state index < -0.39 is 0 Å². The molecule has 1 fully saturated rings. The van der Waals surface area contributed by atoms with Gasteiger partial charge >= 0.3 is 0 Å². The highest BCUT2D eigenvalue weighted by atomic mass is 32.1. The van der Waals surface area contributed by atoms with Gasteiger partial charge in [0.15, 0.2) is 0 Å². The first-order valence-corrected chi connectivity index (χ1v) is 7.47. The van der Waals surface area contributed by atoms with Crippen molar-refractivity contribution in [2.75, 3.05) is 0 Å². The Morgan fingerprint density at radius 2 is 2.26 bits per heavy atom. The van der Waals surface area contributed by atoms with E-state index in [0.29, 0.717) is 11.2 Å². The van der Waals surface area contributed by atoms with Crippen molar-refractivity contribution in [3.63, 3.8) is 0 Å². The molecule has 1 aromatic carbocycles. The van der Waals surface area contributed by atoms with Gasteiger partial charge in [0.25, 0.3) is 5.19 Å². The summed E-state index contributed by atoms with van der Waals surface area (Å²) in [6, 6.07) is 8.78.